The Labute approximate surface area is 534 Å². The van der Waals surface area contributed by atoms with Crippen LogP contribution in [0.2, 0.25) is 0 Å². The van der Waals surface area contributed by atoms with Crippen molar-refractivity contribution in [3.63, 3.8) is 0 Å². The van der Waals surface area contributed by atoms with Crippen molar-refractivity contribution >= 4 is 71.3 Å². The monoisotopic (exact) mass is 1270 g/mol. The van der Waals surface area contributed by atoms with E-state index in [9.17, 15) is 57.5 Å². The fourth-order valence-corrected chi connectivity index (χ4v) is 9.52. The molecule has 91 heavy (non-hydrogen) atoms. The van der Waals surface area contributed by atoms with Crippen molar-refractivity contribution in [1.82, 2.24) is 35.6 Å². The van der Waals surface area contributed by atoms with Crippen molar-refractivity contribution in [1.29, 1.82) is 0 Å². The summed E-state index contributed by atoms with van der Waals surface area (Å²) in [6, 6.07) is 22.4. The number of esters is 6. The number of carbonyl (C=O) groups is 12. The Morgan fingerprint density at radius 1 is 0.253 bits per heavy atom. The summed E-state index contributed by atoms with van der Waals surface area (Å²) in [5, 5.41) is 0. The second-order valence-corrected chi connectivity index (χ2v) is 21.4. The van der Waals surface area contributed by atoms with Crippen LogP contribution in [0.15, 0.2) is 72.8 Å². The average Bonchev–Trinajstić information content (AvgIpc) is 3.68. The second kappa shape index (κ2) is 43.8. The molecule has 0 saturated heterocycles. The molecule has 3 N–H and O–H groups in total. The number of methoxy groups -OCH3 is 6. The zero-order valence-electron chi connectivity index (χ0n) is 54.5. The van der Waals surface area contributed by atoms with Gasteiger partial charge in [-0.2, -0.15) is 0 Å². The highest BCUT2D eigenvalue weighted by molar-refractivity contribution is 5.84. The summed E-state index contributed by atoms with van der Waals surface area (Å²) in [5.74, 6) is -4.51. The van der Waals surface area contributed by atoms with E-state index in [1.807, 2.05) is 86.6 Å². The van der Waals surface area contributed by atoms with Gasteiger partial charge in [0, 0.05) is 117 Å². The van der Waals surface area contributed by atoms with Crippen molar-refractivity contribution < 1.29 is 86.0 Å². The Balaban J connectivity index is 0.0000282. The normalized spacial score (nSPS) is 10.5. The predicted molar refractivity (Wildman–Crippen MR) is 334 cm³/mol. The predicted octanol–water partition coefficient (Wildman–Crippen LogP) is 6.54. The van der Waals surface area contributed by atoms with Crippen molar-refractivity contribution in [2.45, 2.75) is 156 Å². The molecule has 502 valence electrons. The van der Waals surface area contributed by atoms with Gasteiger partial charge in [0.1, 0.15) is 0 Å². The first kappa shape index (κ1) is 78.4. The van der Waals surface area contributed by atoms with Crippen LogP contribution in [0, 0.1) is 0 Å². The van der Waals surface area contributed by atoms with Gasteiger partial charge in [-0.05, 0) is 72.9 Å². The Bertz CT molecular complexity index is 2620. The minimum Gasteiger partial charge on any atom is -0.469 e. The Morgan fingerprint density at radius 2 is 0.396 bits per heavy atom. The van der Waals surface area contributed by atoms with E-state index in [2.05, 4.69) is 9.47 Å². The van der Waals surface area contributed by atoms with Gasteiger partial charge in [-0.15, -0.1) is 0 Å². The first-order valence-electron chi connectivity index (χ1n) is 30.5. The largest absolute Gasteiger partial charge is 0.469 e. The molecular weight excluding hydrogens is 1180 g/mol. The maximum atomic E-state index is 13.8. The topological polar surface area (TPSA) is 315 Å². The van der Waals surface area contributed by atoms with Gasteiger partial charge in [0.2, 0.25) is 35.4 Å². The van der Waals surface area contributed by atoms with Crippen LogP contribution in [0.25, 0.3) is 0 Å². The van der Waals surface area contributed by atoms with Crippen LogP contribution in [0.3, 0.4) is 0 Å². The molecule has 0 saturated carbocycles. The van der Waals surface area contributed by atoms with Crippen LogP contribution in [0.4, 0.5) is 0 Å². The zero-order chi connectivity index (χ0) is 66.4. The second-order valence-electron chi connectivity index (χ2n) is 21.4. The summed E-state index contributed by atoms with van der Waals surface area (Å²) in [6.07, 6.45) is 1.10. The molecule has 0 aliphatic rings. The van der Waals surface area contributed by atoms with Crippen molar-refractivity contribution in [3.8, 4) is 0 Å². The third kappa shape index (κ3) is 30.6. The molecule has 3 rings (SSSR count). The lowest BCUT2D eigenvalue weighted by atomic mass is 10.1. The standard InChI is InChI=1S/C66H92N6O18.H3N/c1-9-67(55(73)27-33-61(79)85-3)43-49-15-19-51(20-16-49)45-69(57(75)29-35-63(81)87-5)39-11-13-41-71(59(77)31-37-65(83)89-7)47-53-23-25-54(26-24-53)48-72(60(78)32-38-66(84)90-8)42-14-12-40-70(58(76)30-36-64(82)88-6)46-52-21-17-50(18-22-52)44-68(10-2)56(74)28-34-62(80)86-4;/h15-26H,9-14,27-48H2,1-8H3;1H3. The quantitative estimate of drug-likeness (QED) is 0.0357. The van der Waals surface area contributed by atoms with E-state index >= 15 is 0 Å². The van der Waals surface area contributed by atoms with Gasteiger partial charge in [0.25, 0.3) is 0 Å². The fourth-order valence-electron chi connectivity index (χ4n) is 9.52. The van der Waals surface area contributed by atoms with E-state index < -0.39 is 35.8 Å². The van der Waals surface area contributed by atoms with Crippen LogP contribution in [-0.4, -0.2) is 183 Å². The zero-order valence-corrected chi connectivity index (χ0v) is 54.5. The number of hydrogen-bond donors (Lipinski definition) is 1. The third-order valence-electron chi connectivity index (χ3n) is 15.0. The van der Waals surface area contributed by atoms with E-state index in [1.54, 1.807) is 29.4 Å². The summed E-state index contributed by atoms with van der Waals surface area (Å²) in [7, 11) is 7.55. The van der Waals surface area contributed by atoms with Crippen molar-refractivity contribution in [3.05, 3.63) is 106 Å². The van der Waals surface area contributed by atoms with E-state index in [-0.39, 0.29) is 158 Å². The molecule has 3 aromatic rings. The van der Waals surface area contributed by atoms with E-state index in [4.69, 9.17) is 18.9 Å². The summed E-state index contributed by atoms with van der Waals surface area (Å²) in [4.78, 5) is 162. The lowest BCUT2D eigenvalue weighted by Gasteiger charge is -2.26. The van der Waals surface area contributed by atoms with Crippen LogP contribution in [0.5, 0.6) is 0 Å². The molecule has 0 heterocycles. The molecule has 0 fully saturated rings. The minimum absolute atomic E-state index is 0. The van der Waals surface area contributed by atoms with Gasteiger partial charge < -0.3 is 64.0 Å². The molecule has 3 aromatic carbocycles. The summed E-state index contributed by atoms with van der Waals surface area (Å²) in [6.45, 7) is 7.18. The Kier molecular flexibility index (Phi) is 37.8. The number of benzene rings is 3. The Morgan fingerprint density at radius 3 is 0.538 bits per heavy atom. The van der Waals surface area contributed by atoms with Crippen LogP contribution in [-0.2, 0) is 125 Å². The SMILES string of the molecule is CCN(Cc1ccc(CN(CCCCN(Cc2ccc(CN(CCCCN(Cc3ccc(CN(CC)C(=O)CCC(=O)OC)cc3)C(=O)CCC(=O)OC)C(=O)CCC(=O)OC)cc2)C(=O)CCC(=O)OC)C(=O)CCC(=O)OC)cc1)C(=O)CCC(=O)OC.N. The summed E-state index contributed by atoms with van der Waals surface area (Å²) in [5.41, 5.74) is 4.86. The molecule has 0 aromatic heterocycles. The molecule has 0 aliphatic carbocycles. The maximum Gasteiger partial charge on any atom is 0.306 e. The number of ether oxygens (including phenoxy) is 6. The number of carbonyl (C=O) groups excluding carboxylic acids is 12. The summed E-state index contributed by atoms with van der Waals surface area (Å²) >= 11 is 0. The first-order valence-corrected chi connectivity index (χ1v) is 30.5. The van der Waals surface area contributed by atoms with Gasteiger partial charge in [-0.3, -0.25) is 57.5 Å². The molecule has 0 aliphatic heterocycles. The van der Waals surface area contributed by atoms with E-state index in [1.165, 1.54) is 42.7 Å². The molecule has 0 bridgehead atoms. The summed E-state index contributed by atoms with van der Waals surface area (Å²) < 4.78 is 28.5. The van der Waals surface area contributed by atoms with Gasteiger partial charge in [-0.25, -0.2) is 0 Å². The van der Waals surface area contributed by atoms with Gasteiger partial charge >= 0.3 is 35.8 Å². The first-order chi connectivity index (χ1) is 43.2. The fraction of sp³-hybridized carbons (Fsp3) is 0.545. The van der Waals surface area contributed by atoms with E-state index in [0.717, 1.165) is 33.4 Å². The van der Waals surface area contributed by atoms with Crippen LogP contribution in [0.1, 0.15) is 150 Å². The number of rotatable bonds is 42. The lowest BCUT2D eigenvalue weighted by molar-refractivity contribution is -0.144. The minimum atomic E-state index is -0.537. The number of nitrogens with zero attached hydrogens (tertiary/aromatic N) is 6. The van der Waals surface area contributed by atoms with Gasteiger partial charge in [0.15, 0.2) is 0 Å². The molecule has 6 amide bonds. The van der Waals surface area contributed by atoms with Crippen molar-refractivity contribution in [2.75, 3.05) is 81.9 Å². The number of hydrogen-bond acceptors (Lipinski definition) is 19. The molecule has 0 spiro atoms. The highest BCUT2D eigenvalue weighted by Crippen LogP contribution is 2.19. The average molecular weight is 1270 g/mol. The van der Waals surface area contributed by atoms with Crippen LogP contribution < -0.4 is 6.15 Å². The Hall–Kier alpha value is -8.74. The molecule has 0 radical (unpaired) electrons. The molecule has 25 nitrogen and oxygen atoms in total. The molecule has 0 unspecified atom stereocenters. The molecule has 25 heteroatoms. The van der Waals surface area contributed by atoms with Gasteiger partial charge in [0.05, 0.1) is 81.2 Å². The van der Waals surface area contributed by atoms with Crippen molar-refractivity contribution in [2.24, 2.45) is 0 Å². The number of amides is 6. The third-order valence-corrected chi connectivity index (χ3v) is 15.0. The maximum absolute atomic E-state index is 13.8. The smallest absolute Gasteiger partial charge is 0.306 e. The lowest BCUT2D eigenvalue weighted by Crippen LogP contribution is -2.34. The molecule has 0 atom stereocenters. The van der Waals surface area contributed by atoms with Gasteiger partial charge in [-0.1, -0.05) is 72.8 Å². The highest BCUT2D eigenvalue weighted by atomic mass is 16.5. The highest BCUT2D eigenvalue weighted by Gasteiger charge is 2.23. The van der Waals surface area contributed by atoms with Crippen LogP contribution >= 0.6 is 0 Å². The van der Waals surface area contributed by atoms with E-state index in [0.29, 0.717) is 65.0 Å². The number of unbranched alkanes of at least 4 members (excludes halogenated alkanes) is 2. The molecular formula is C66H95N7O18.